The average molecular weight is 305 g/mol. The van der Waals surface area contributed by atoms with Crippen molar-refractivity contribution < 1.29 is 18.0 Å². The van der Waals surface area contributed by atoms with E-state index in [4.69, 9.17) is 5.84 Å². The normalized spacial score (nSPS) is 11.6. The van der Waals surface area contributed by atoms with E-state index in [0.717, 1.165) is 0 Å². The lowest BCUT2D eigenvalue weighted by atomic mass is 10.2. The van der Waals surface area contributed by atoms with E-state index in [0.29, 0.717) is 10.7 Å². The molecule has 9 heteroatoms. The van der Waals surface area contributed by atoms with Crippen LogP contribution in [0.3, 0.4) is 0 Å². The number of aromatic nitrogens is 2. The fourth-order valence-corrected chi connectivity index (χ4v) is 1.64. The van der Waals surface area contributed by atoms with Gasteiger partial charge in [-0.1, -0.05) is 13.8 Å². The molecular formula is C12H18F3N5O. The second-order valence-electron chi connectivity index (χ2n) is 4.72. The van der Waals surface area contributed by atoms with E-state index < -0.39 is 18.6 Å². The van der Waals surface area contributed by atoms with E-state index in [1.807, 2.05) is 13.8 Å². The van der Waals surface area contributed by atoms with Gasteiger partial charge in [-0.05, 0) is 6.92 Å². The molecule has 118 valence electrons. The summed E-state index contributed by atoms with van der Waals surface area (Å²) < 4.78 is 37.5. The molecule has 0 saturated carbocycles. The maximum Gasteiger partial charge on any atom is 0.406 e. The zero-order valence-corrected chi connectivity index (χ0v) is 12.0. The third kappa shape index (κ3) is 4.55. The third-order valence-corrected chi connectivity index (χ3v) is 2.72. The first-order chi connectivity index (χ1) is 9.69. The second kappa shape index (κ2) is 6.70. The molecule has 0 unspecified atom stereocenters. The number of hydrogen-bond donors (Lipinski definition) is 2. The zero-order valence-electron chi connectivity index (χ0n) is 12.0. The molecule has 0 atom stereocenters. The van der Waals surface area contributed by atoms with Gasteiger partial charge in [-0.15, -0.1) is 0 Å². The topological polar surface area (TPSA) is 84.1 Å². The van der Waals surface area contributed by atoms with Crippen LogP contribution in [-0.2, 0) is 0 Å². The highest BCUT2D eigenvalue weighted by atomic mass is 19.4. The van der Waals surface area contributed by atoms with Crippen molar-refractivity contribution in [3.63, 3.8) is 0 Å². The lowest BCUT2D eigenvalue weighted by Gasteiger charge is -2.23. The number of hydrogen-bond acceptors (Lipinski definition) is 5. The predicted octanol–water partition coefficient (Wildman–Crippen LogP) is 1.91. The summed E-state index contributed by atoms with van der Waals surface area (Å²) in [6, 6.07) is 0. The van der Waals surface area contributed by atoms with Gasteiger partial charge in [0.1, 0.15) is 12.4 Å². The maximum absolute atomic E-state index is 12.5. The van der Waals surface area contributed by atoms with Crippen LogP contribution in [0.25, 0.3) is 0 Å². The number of rotatable bonds is 5. The number of halogens is 3. The van der Waals surface area contributed by atoms with Gasteiger partial charge in [-0.3, -0.25) is 10.6 Å². The minimum atomic E-state index is -4.48. The van der Waals surface area contributed by atoms with Gasteiger partial charge in [-0.2, -0.15) is 13.2 Å². The van der Waals surface area contributed by atoms with Gasteiger partial charge >= 0.3 is 6.18 Å². The Labute approximate surface area is 120 Å². The third-order valence-electron chi connectivity index (χ3n) is 2.72. The number of carbonyl (C=O) groups excluding carboxylic acids is 1. The molecule has 0 fully saturated rings. The molecular weight excluding hydrogens is 287 g/mol. The molecule has 0 spiro atoms. The largest absolute Gasteiger partial charge is 0.406 e. The van der Waals surface area contributed by atoms with Crippen molar-refractivity contribution in [2.45, 2.75) is 32.9 Å². The Bertz CT molecular complexity index is 504. The summed E-state index contributed by atoms with van der Waals surface area (Å²) in [6.45, 7) is 3.65. The molecule has 0 saturated heterocycles. The highest BCUT2D eigenvalue weighted by Gasteiger charge is 2.33. The van der Waals surface area contributed by atoms with Gasteiger partial charge in [0.25, 0.3) is 5.91 Å². The lowest BCUT2D eigenvalue weighted by molar-refractivity contribution is -0.140. The Morgan fingerprint density at radius 3 is 2.52 bits per heavy atom. The number of anilines is 1. The minimum absolute atomic E-state index is 0.0685. The monoisotopic (exact) mass is 305 g/mol. The molecule has 0 radical (unpaired) electrons. The quantitative estimate of drug-likeness (QED) is 0.641. The first-order valence-electron chi connectivity index (χ1n) is 6.39. The summed E-state index contributed by atoms with van der Waals surface area (Å²) >= 11 is 0. The van der Waals surface area contributed by atoms with Crippen LogP contribution in [0.15, 0.2) is 6.20 Å². The van der Waals surface area contributed by atoms with Crippen molar-refractivity contribution in [2.24, 2.45) is 5.84 Å². The van der Waals surface area contributed by atoms with E-state index in [1.54, 1.807) is 0 Å². The van der Waals surface area contributed by atoms with E-state index in [9.17, 15) is 18.0 Å². The molecule has 3 N–H and O–H groups in total. The van der Waals surface area contributed by atoms with Crippen molar-refractivity contribution >= 4 is 11.6 Å². The summed E-state index contributed by atoms with van der Waals surface area (Å²) in [6.07, 6.45) is -3.19. The number of hydrazine groups is 1. The standard InChI is InChI=1S/C12H18F3N5O/c1-4-20(6-12(13,14)15)11(21)9-8(19-16)5-17-10(18-9)7(2)3/h5,7,19H,4,6,16H2,1-3H3. The van der Waals surface area contributed by atoms with Crippen LogP contribution in [0, 0.1) is 0 Å². The van der Waals surface area contributed by atoms with Crippen molar-refractivity contribution in [3.8, 4) is 0 Å². The van der Waals surface area contributed by atoms with E-state index >= 15 is 0 Å². The minimum Gasteiger partial charge on any atom is -0.328 e. The number of carbonyl (C=O) groups is 1. The molecule has 0 aromatic carbocycles. The summed E-state index contributed by atoms with van der Waals surface area (Å²) in [7, 11) is 0. The van der Waals surface area contributed by atoms with Crippen molar-refractivity contribution in [1.82, 2.24) is 14.9 Å². The molecule has 0 aliphatic rings. The van der Waals surface area contributed by atoms with Gasteiger partial charge < -0.3 is 10.3 Å². The Kier molecular flexibility index (Phi) is 5.47. The summed E-state index contributed by atoms with van der Waals surface area (Å²) in [5.74, 6) is 4.71. The molecule has 1 aromatic rings. The van der Waals surface area contributed by atoms with Gasteiger partial charge in [0, 0.05) is 12.5 Å². The van der Waals surface area contributed by atoms with Crippen LogP contribution in [0.2, 0.25) is 0 Å². The predicted molar refractivity (Wildman–Crippen MR) is 71.6 cm³/mol. The van der Waals surface area contributed by atoms with E-state index in [1.165, 1.54) is 13.1 Å². The van der Waals surface area contributed by atoms with Crippen LogP contribution in [0.1, 0.15) is 43.0 Å². The van der Waals surface area contributed by atoms with E-state index in [2.05, 4.69) is 15.4 Å². The number of nitrogens with one attached hydrogen (secondary N) is 1. The first-order valence-corrected chi connectivity index (χ1v) is 6.39. The maximum atomic E-state index is 12.5. The van der Waals surface area contributed by atoms with Crippen molar-refractivity contribution in [3.05, 3.63) is 17.7 Å². The SMILES string of the molecule is CCN(CC(F)(F)F)C(=O)c1nc(C(C)C)ncc1NN. The molecule has 6 nitrogen and oxygen atoms in total. The number of nitrogen functional groups attached to an aromatic ring is 1. The van der Waals surface area contributed by atoms with Gasteiger partial charge in [-0.25, -0.2) is 9.97 Å². The molecule has 1 rings (SSSR count). The number of nitrogens with two attached hydrogens (primary N) is 1. The molecule has 0 aliphatic heterocycles. The van der Waals surface area contributed by atoms with Crippen molar-refractivity contribution in [1.29, 1.82) is 0 Å². The fraction of sp³-hybridized carbons (Fsp3) is 0.583. The van der Waals surface area contributed by atoms with Crippen LogP contribution < -0.4 is 11.3 Å². The number of alkyl halides is 3. The highest BCUT2D eigenvalue weighted by molar-refractivity contribution is 5.97. The Balaban J connectivity index is 3.16. The summed E-state index contributed by atoms with van der Waals surface area (Å²) in [5.41, 5.74) is 2.15. The van der Waals surface area contributed by atoms with Crippen molar-refractivity contribution in [2.75, 3.05) is 18.5 Å². The van der Waals surface area contributed by atoms with Crippen LogP contribution >= 0.6 is 0 Å². The summed E-state index contributed by atoms with van der Waals surface area (Å²) in [5, 5.41) is 0. The zero-order chi connectivity index (χ0) is 16.2. The van der Waals surface area contributed by atoms with E-state index in [-0.39, 0.29) is 23.8 Å². The Hall–Kier alpha value is -1.90. The first kappa shape index (κ1) is 17.2. The second-order valence-corrected chi connectivity index (χ2v) is 4.72. The van der Waals surface area contributed by atoms with Crippen LogP contribution in [0.4, 0.5) is 18.9 Å². The van der Waals surface area contributed by atoms with Crippen LogP contribution in [0.5, 0.6) is 0 Å². The summed E-state index contributed by atoms with van der Waals surface area (Å²) in [4.78, 5) is 20.9. The average Bonchev–Trinajstić information content (AvgIpc) is 2.42. The highest BCUT2D eigenvalue weighted by Crippen LogP contribution is 2.21. The molecule has 1 heterocycles. The number of amides is 1. The van der Waals surface area contributed by atoms with Gasteiger partial charge in [0.2, 0.25) is 0 Å². The fourth-order valence-electron chi connectivity index (χ4n) is 1.64. The molecule has 0 bridgehead atoms. The lowest BCUT2D eigenvalue weighted by Crippen LogP contribution is -2.39. The van der Waals surface area contributed by atoms with Gasteiger partial charge in [0.05, 0.1) is 11.9 Å². The molecule has 21 heavy (non-hydrogen) atoms. The van der Waals surface area contributed by atoms with Crippen LogP contribution in [-0.4, -0.2) is 40.0 Å². The molecule has 0 aliphatic carbocycles. The molecule has 1 aromatic heterocycles. The van der Waals surface area contributed by atoms with Gasteiger partial charge in [0.15, 0.2) is 5.69 Å². The Morgan fingerprint density at radius 1 is 1.48 bits per heavy atom. The number of nitrogens with zero attached hydrogens (tertiary/aromatic N) is 3. The molecule has 1 amide bonds. The smallest absolute Gasteiger partial charge is 0.328 e. The Morgan fingerprint density at radius 2 is 2.10 bits per heavy atom.